The van der Waals surface area contributed by atoms with Gasteiger partial charge in [-0.2, -0.15) is 11.8 Å². The molecule has 1 N–H and O–H groups in total. The number of rotatable bonds is 3. The van der Waals surface area contributed by atoms with Crippen LogP contribution in [0.2, 0.25) is 0 Å². The molecule has 1 spiro atoms. The van der Waals surface area contributed by atoms with Crippen LogP contribution < -0.4 is 5.32 Å². The zero-order valence-electron chi connectivity index (χ0n) is 15.9. The van der Waals surface area contributed by atoms with E-state index in [4.69, 9.17) is 4.99 Å². The molecule has 0 aromatic carbocycles. The largest absolute Gasteiger partial charge is 0.357 e. The molecule has 6 nitrogen and oxygen atoms in total. The fraction of sp³-hybridized carbons (Fsp3) is 0.632. The molecule has 1 aliphatic carbocycles. The van der Waals surface area contributed by atoms with Gasteiger partial charge in [-0.05, 0) is 31.9 Å². The number of halogens is 1. The van der Waals surface area contributed by atoms with Gasteiger partial charge >= 0.3 is 0 Å². The molecule has 1 saturated carbocycles. The van der Waals surface area contributed by atoms with Crippen molar-refractivity contribution in [1.82, 2.24) is 24.8 Å². The molecule has 0 amide bonds. The zero-order chi connectivity index (χ0) is 17.8. The van der Waals surface area contributed by atoms with Gasteiger partial charge in [-0.3, -0.25) is 4.40 Å². The number of aliphatic imine (C=N–C) groups is 1. The highest BCUT2D eigenvalue weighted by Gasteiger charge is 2.38. The van der Waals surface area contributed by atoms with Crippen LogP contribution in [0.5, 0.6) is 0 Å². The number of aromatic nitrogens is 3. The maximum atomic E-state index is 4.91. The van der Waals surface area contributed by atoms with E-state index in [-0.39, 0.29) is 24.0 Å². The predicted octanol–water partition coefficient (Wildman–Crippen LogP) is 3.56. The number of guanidine groups is 1. The summed E-state index contributed by atoms with van der Waals surface area (Å²) in [6.45, 7) is 5.75. The highest BCUT2D eigenvalue weighted by molar-refractivity contribution is 14.0. The first kappa shape index (κ1) is 20.7. The Hall–Kier alpha value is -1.03. The van der Waals surface area contributed by atoms with Crippen LogP contribution in [-0.2, 0) is 6.54 Å². The smallest absolute Gasteiger partial charge is 0.194 e. The summed E-state index contributed by atoms with van der Waals surface area (Å²) in [7, 11) is 0. The number of nitrogens with one attached hydrogen (secondary N) is 1. The van der Waals surface area contributed by atoms with Crippen molar-refractivity contribution < 1.29 is 0 Å². The van der Waals surface area contributed by atoms with Crippen molar-refractivity contribution in [2.24, 2.45) is 4.99 Å². The van der Waals surface area contributed by atoms with Crippen molar-refractivity contribution in [3.05, 3.63) is 30.2 Å². The molecule has 2 aliphatic rings. The van der Waals surface area contributed by atoms with Gasteiger partial charge in [-0.25, -0.2) is 4.99 Å². The molecule has 2 fully saturated rings. The highest BCUT2D eigenvalue weighted by Crippen LogP contribution is 2.42. The third-order valence-corrected chi connectivity index (χ3v) is 6.94. The molecular weight excluding hydrogens is 471 g/mol. The average molecular weight is 500 g/mol. The summed E-state index contributed by atoms with van der Waals surface area (Å²) in [5, 5.41) is 12.0. The number of hydrogen-bond acceptors (Lipinski definition) is 4. The van der Waals surface area contributed by atoms with Crippen LogP contribution in [0.4, 0.5) is 0 Å². The summed E-state index contributed by atoms with van der Waals surface area (Å²) < 4.78 is 2.45. The Balaban J connectivity index is 0.00000210. The minimum absolute atomic E-state index is 0. The van der Waals surface area contributed by atoms with E-state index in [1.54, 1.807) is 0 Å². The average Bonchev–Trinajstić information content (AvgIpc) is 3.09. The van der Waals surface area contributed by atoms with Crippen LogP contribution in [0, 0.1) is 0 Å². The van der Waals surface area contributed by atoms with Gasteiger partial charge in [0.15, 0.2) is 17.4 Å². The van der Waals surface area contributed by atoms with Crippen LogP contribution in [0.3, 0.4) is 0 Å². The minimum atomic E-state index is 0. The van der Waals surface area contributed by atoms with Gasteiger partial charge in [-0.1, -0.05) is 25.3 Å². The van der Waals surface area contributed by atoms with Crippen LogP contribution in [0.15, 0.2) is 29.4 Å². The Morgan fingerprint density at radius 2 is 2.11 bits per heavy atom. The summed E-state index contributed by atoms with van der Waals surface area (Å²) in [6.07, 6.45) is 8.85. The minimum Gasteiger partial charge on any atom is -0.357 e. The van der Waals surface area contributed by atoms with Crippen molar-refractivity contribution in [2.45, 2.75) is 50.3 Å². The van der Waals surface area contributed by atoms with Gasteiger partial charge in [0, 0.05) is 36.3 Å². The normalized spacial score (nSPS) is 19.9. The van der Waals surface area contributed by atoms with E-state index in [9.17, 15) is 0 Å². The number of hydrogen-bond donors (Lipinski definition) is 1. The lowest BCUT2D eigenvalue weighted by atomic mass is 9.87. The van der Waals surface area contributed by atoms with E-state index >= 15 is 0 Å². The lowest BCUT2D eigenvalue weighted by Gasteiger charge is -2.45. The molecule has 2 aromatic heterocycles. The number of nitrogens with zero attached hydrogens (tertiary/aromatic N) is 5. The monoisotopic (exact) mass is 500 g/mol. The van der Waals surface area contributed by atoms with Crippen molar-refractivity contribution in [2.75, 3.05) is 25.4 Å². The Morgan fingerprint density at radius 1 is 1.26 bits per heavy atom. The lowest BCUT2D eigenvalue weighted by molar-refractivity contribution is 0.293. The molecule has 2 aromatic rings. The molecule has 0 radical (unpaired) electrons. The topological polar surface area (TPSA) is 57.8 Å². The van der Waals surface area contributed by atoms with Crippen LogP contribution in [-0.4, -0.2) is 55.6 Å². The fourth-order valence-electron chi connectivity index (χ4n) is 4.09. The molecule has 0 bridgehead atoms. The SMILES string of the molecule is CCNC(=NCc1nnc2ccccn12)N1CCSC2(CCCCC2)C1.I. The predicted molar refractivity (Wildman–Crippen MR) is 123 cm³/mol. The second-order valence-corrected chi connectivity index (χ2v) is 8.79. The Bertz CT molecular complexity index is 765. The van der Waals surface area contributed by atoms with Crippen molar-refractivity contribution in [1.29, 1.82) is 0 Å². The highest BCUT2D eigenvalue weighted by atomic mass is 127. The third kappa shape index (κ3) is 4.70. The van der Waals surface area contributed by atoms with Crippen molar-refractivity contribution >= 4 is 47.3 Å². The molecule has 27 heavy (non-hydrogen) atoms. The van der Waals surface area contributed by atoms with Crippen LogP contribution in [0.1, 0.15) is 44.9 Å². The van der Waals surface area contributed by atoms with E-state index in [1.165, 1.54) is 37.9 Å². The van der Waals surface area contributed by atoms with Gasteiger partial charge in [-0.15, -0.1) is 34.2 Å². The van der Waals surface area contributed by atoms with Crippen molar-refractivity contribution in [3.63, 3.8) is 0 Å². The lowest BCUT2D eigenvalue weighted by Crippen LogP contribution is -2.53. The Kier molecular flexibility index (Phi) is 7.24. The second-order valence-electron chi connectivity index (χ2n) is 7.23. The van der Waals surface area contributed by atoms with Gasteiger partial charge in [0.05, 0.1) is 0 Å². The summed E-state index contributed by atoms with van der Waals surface area (Å²) in [5.74, 6) is 3.10. The molecule has 0 unspecified atom stereocenters. The van der Waals surface area contributed by atoms with Gasteiger partial charge in [0.1, 0.15) is 6.54 Å². The zero-order valence-corrected chi connectivity index (χ0v) is 19.1. The number of thioether (sulfide) groups is 1. The number of pyridine rings is 1. The van der Waals surface area contributed by atoms with E-state index in [1.807, 2.05) is 28.8 Å². The molecular formula is C19H29IN6S. The van der Waals surface area contributed by atoms with Crippen molar-refractivity contribution in [3.8, 4) is 0 Å². The molecule has 148 valence electrons. The fourth-order valence-corrected chi connectivity index (χ4v) is 5.66. The molecule has 0 atom stereocenters. The Morgan fingerprint density at radius 3 is 2.93 bits per heavy atom. The summed E-state index contributed by atoms with van der Waals surface area (Å²) >= 11 is 2.19. The number of fused-ring (bicyclic) bond motifs is 1. The molecule has 3 heterocycles. The van der Waals surface area contributed by atoms with Crippen LogP contribution >= 0.6 is 35.7 Å². The molecule has 8 heteroatoms. The van der Waals surface area contributed by atoms with E-state index in [0.29, 0.717) is 11.3 Å². The van der Waals surface area contributed by atoms with E-state index < -0.39 is 0 Å². The third-order valence-electron chi connectivity index (χ3n) is 5.40. The maximum Gasteiger partial charge on any atom is 0.194 e. The molecule has 1 aliphatic heterocycles. The van der Waals surface area contributed by atoms with E-state index in [0.717, 1.165) is 37.1 Å². The first-order valence-electron chi connectivity index (χ1n) is 9.75. The van der Waals surface area contributed by atoms with Gasteiger partial charge in [0.2, 0.25) is 0 Å². The second kappa shape index (κ2) is 9.45. The van der Waals surface area contributed by atoms with Crippen LogP contribution in [0.25, 0.3) is 5.65 Å². The maximum absolute atomic E-state index is 4.91. The van der Waals surface area contributed by atoms with Gasteiger partial charge < -0.3 is 10.2 Å². The first-order valence-corrected chi connectivity index (χ1v) is 10.7. The first-order chi connectivity index (χ1) is 12.8. The summed E-state index contributed by atoms with van der Waals surface area (Å²) in [4.78, 5) is 7.37. The standard InChI is InChI=1S/C19H28N6S.HI/c1-2-20-18(21-14-17-23-22-16-8-4-7-11-25(16)17)24-12-13-26-19(15-24)9-5-3-6-10-19;/h4,7-8,11H,2-3,5-6,9-10,12-15H2,1H3,(H,20,21);1H. The van der Waals surface area contributed by atoms with Gasteiger partial charge in [0.25, 0.3) is 0 Å². The quantitative estimate of drug-likeness (QED) is 0.397. The molecule has 1 saturated heterocycles. The summed E-state index contributed by atoms with van der Waals surface area (Å²) in [5.41, 5.74) is 0.873. The summed E-state index contributed by atoms with van der Waals surface area (Å²) in [6, 6.07) is 5.96. The van der Waals surface area contributed by atoms with E-state index in [2.05, 4.69) is 39.1 Å². The Labute approximate surface area is 182 Å². The molecule has 4 rings (SSSR count).